The van der Waals surface area contributed by atoms with Gasteiger partial charge in [0.05, 0.1) is 11.4 Å². The topological polar surface area (TPSA) is 38.3 Å². The summed E-state index contributed by atoms with van der Waals surface area (Å²) in [6.45, 7) is 5.03. The van der Waals surface area contributed by atoms with E-state index < -0.39 is 0 Å². The molecule has 3 nitrogen and oxygen atoms in total. The van der Waals surface area contributed by atoms with Gasteiger partial charge in [-0.05, 0) is 25.0 Å². The first kappa shape index (κ1) is 14.2. The molecule has 1 N–H and O–H groups in total. The molecule has 1 aromatic rings. The number of ether oxygens (including phenoxy) is 1. The van der Waals surface area contributed by atoms with Crippen LogP contribution in [0.1, 0.15) is 21.5 Å². The highest BCUT2D eigenvalue weighted by atomic mass is 79.9. The standard InChI is InChI=1S/C13H18BrNO2/c1-9-5-4-6-10(2)12(9)13(16)15-7-11(14)8-17-3/h4-6,11H,7-8H2,1-3H3,(H,15,16). The maximum atomic E-state index is 12.0. The van der Waals surface area contributed by atoms with Crippen LogP contribution >= 0.6 is 15.9 Å². The molecule has 1 unspecified atom stereocenters. The lowest BCUT2D eigenvalue weighted by Crippen LogP contribution is -2.32. The fourth-order valence-corrected chi connectivity index (χ4v) is 2.13. The Morgan fingerprint density at radius 2 is 2.00 bits per heavy atom. The lowest BCUT2D eigenvalue weighted by molar-refractivity contribution is 0.0949. The second-order valence-electron chi connectivity index (χ2n) is 4.03. The molecule has 4 heteroatoms. The molecule has 0 aromatic heterocycles. The third-order valence-corrected chi connectivity index (χ3v) is 3.13. The van der Waals surface area contributed by atoms with E-state index in [4.69, 9.17) is 4.74 Å². The van der Waals surface area contributed by atoms with E-state index in [1.807, 2.05) is 32.0 Å². The number of methoxy groups -OCH3 is 1. The average molecular weight is 300 g/mol. The Morgan fingerprint density at radius 3 is 2.53 bits per heavy atom. The summed E-state index contributed by atoms with van der Waals surface area (Å²) in [6, 6.07) is 5.85. The van der Waals surface area contributed by atoms with Crippen molar-refractivity contribution in [2.45, 2.75) is 18.7 Å². The van der Waals surface area contributed by atoms with Crippen molar-refractivity contribution in [3.8, 4) is 0 Å². The minimum atomic E-state index is -0.0267. The van der Waals surface area contributed by atoms with Gasteiger partial charge in [0.1, 0.15) is 0 Å². The van der Waals surface area contributed by atoms with E-state index in [-0.39, 0.29) is 10.7 Å². The summed E-state index contributed by atoms with van der Waals surface area (Å²) >= 11 is 3.44. The maximum absolute atomic E-state index is 12.0. The molecule has 0 bridgehead atoms. The van der Waals surface area contributed by atoms with Crippen LogP contribution in [0.2, 0.25) is 0 Å². The van der Waals surface area contributed by atoms with Gasteiger partial charge < -0.3 is 10.1 Å². The molecule has 1 amide bonds. The average Bonchev–Trinajstić information content (AvgIpc) is 2.26. The molecule has 0 aliphatic rings. The van der Waals surface area contributed by atoms with Crippen molar-refractivity contribution in [1.29, 1.82) is 0 Å². The van der Waals surface area contributed by atoms with Crippen LogP contribution in [0.3, 0.4) is 0 Å². The van der Waals surface area contributed by atoms with Gasteiger partial charge in [0.15, 0.2) is 0 Å². The largest absolute Gasteiger partial charge is 0.383 e. The minimum absolute atomic E-state index is 0.0267. The van der Waals surface area contributed by atoms with Crippen LogP contribution < -0.4 is 5.32 Å². The van der Waals surface area contributed by atoms with Gasteiger partial charge in [-0.2, -0.15) is 0 Å². The summed E-state index contributed by atoms with van der Waals surface area (Å²) < 4.78 is 4.99. The van der Waals surface area contributed by atoms with E-state index in [2.05, 4.69) is 21.2 Å². The number of carbonyl (C=O) groups is 1. The van der Waals surface area contributed by atoms with E-state index >= 15 is 0 Å². The second-order valence-corrected chi connectivity index (χ2v) is 5.32. The first-order valence-corrected chi connectivity index (χ1v) is 6.45. The Balaban J connectivity index is 2.64. The minimum Gasteiger partial charge on any atom is -0.383 e. The van der Waals surface area contributed by atoms with Crippen molar-refractivity contribution in [1.82, 2.24) is 5.32 Å². The van der Waals surface area contributed by atoms with Gasteiger partial charge in [0.25, 0.3) is 5.91 Å². The van der Waals surface area contributed by atoms with Crippen LogP contribution in [-0.2, 0) is 4.74 Å². The Bertz CT molecular complexity index is 373. The molecule has 0 radical (unpaired) electrons. The quantitative estimate of drug-likeness (QED) is 0.848. The van der Waals surface area contributed by atoms with Gasteiger partial charge in [0.2, 0.25) is 0 Å². The normalized spacial score (nSPS) is 12.2. The number of nitrogens with one attached hydrogen (secondary N) is 1. The molecular formula is C13H18BrNO2. The molecule has 0 spiro atoms. The van der Waals surface area contributed by atoms with Gasteiger partial charge in [-0.3, -0.25) is 4.79 Å². The molecule has 0 aliphatic carbocycles. The molecule has 0 fully saturated rings. The van der Waals surface area contributed by atoms with Crippen LogP contribution in [0.15, 0.2) is 18.2 Å². The van der Waals surface area contributed by atoms with E-state index in [9.17, 15) is 4.79 Å². The van der Waals surface area contributed by atoms with E-state index in [0.717, 1.165) is 16.7 Å². The number of hydrogen-bond donors (Lipinski definition) is 1. The molecular weight excluding hydrogens is 282 g/mol. The van der Waals surface area contributed by atoms with Gasteiger partial charge in [0, 0.05) is 19.2 Å². The number of benzene rings is 1. The summed E-state index contributed by atoms with van der Waals surface area (Å²) in [5.41, 5.74) is 2.77. The summed E-state index contributed by atoms with van der Waals surface area (Å²) in [5.74, 6) is -0.0267. The van der Waals surface area contributed by atoms with Crippen LogP contribution in [-0.4, -0.2) is 31.0 Å². The lowest BCUT2D eigenvalue weighted by Gasteiger charge is -2.13. The number of amides is 1. The van der Waals surface area contributed by atoms with Gasteiger partial charge in [-0.1, -0.05) is 34.1 Å². The molecule has 1 aromatic carbocycles. The Morgan fingerprint density at radius 1 is 1.41 bits per heavy atom. The van der Waals surface area contributed by atoms with Gasteiger partial charge in [-0.25, -0.2) is 0 Å². The number of alkyl halides is 1. The first-order valence-electron chi connectivity index (χ1n) is 5.53. The Hall–Kier alpha value is -0.870. The molecule has 1 rings (SSSR count). The molecule has 0 saturated carbocycles. The van der Waals surface area contributed by atoms with Crippen LogP contribution in [0.5, 0.6) is 0 Å². The third-order valence-electron chi connectivity index (χ3n) is 2.54. The van der Waals surface area contributed by atoms with Crippen molar-refractivity contribution in [2.24, 2.45) is 0 Å². The van der Waals surface area contributed by atoms with Crippen molar-refractivity contribution in [3.63, 3.8) is 0 Å². The highest BCUT2D eigenvalue weighted by Crippen LogP contribution is 2.13. The monoisotopic (exact) mass is 299 g/mol. The molecule has 17 heavy (non-hydrogen) atoms. The van der Waals surface area contributed by atoms with Gasteiger partial charge in [-0.15, -0.1) is 0 Å². The van der Waals surface area contributed by atoms with E-state index in [1.54, 1.807) is 7.11 Å². The fraction of sp³-hybridized carbons (Fsp3) is 0.462. The van der Waals surface area contributed by atoms with Crippen molar-refractivity contribution >= 4 is 21.8 Å². The molecule has 1 atom stereocenters. The van der Waals surface area contributed by atoms with Crippen LogP contribution in [0.25, 0.3) is 0 Å². The smallest absolute Gasteiger partial charge is 0.251 e. The SMILES string of the molecule is COCC(Br)CNC(=O)c1c(C)cccc1C. The van der Waals surface area contributed by atoms with Gasteiger partial charge >= 0.3 is 0 Å². The number of rotatable bonds is 5. The van der Waals surface area contributed by atoms with E-state index in [1.165, 1.54) is 0 Å². The summed E-state index contributed by atoms with van der Waals surface area (Å²) in [4.78, 5) is 12.2. The summed E-state index contributed by atoms with van der Waals surface area (Å²) in [5, 5.41) is 2.90. The first-order chi connectivity index (χ1) is 8.06. The predicted molar refractivity (Wildman–Crippen MR) is 72.8 cm³/mol. The molecule has 94 valence electrons. The zero-order valence-corrected chi connectivity index (χ0v) is 12.0. The lowest BCUT2D eigenvalue weighted by atomic mass is 10.0. The number of aryl methyl sites for hydroxylation is 2. The zero-order valence-electron chi connectivity index (χ0n) is 10.4. The number of hydrogen-bond acceptors (Lipinski definition) is 2. The highest BCUT2D eigenvalue weighted by Gasteiger charge is 2.12. The van der Waals surface area contributed by atoms with Crippen molar-refractivity contribution in [3.05, 3.63) is 34.9 Å². The van der Waals surface area contributed by atoms with Crippen molar-refractivity contribution < 1.29 is 9.53 Å². The maximum Gasteiger partial charge on any atom is 0.251 e. The summed E-state index contributed by atoms with van der Waals surface area (Å²) in [7, 11) is 1.64. The third kappa shape index (κ3) is 4.13. The molecule has 0 heterocycles. The van der Waals surface area contributed by atoms with Crippen LogP contribution in [0, 0.1) is 13.8 Å². The van der Waals surface area contributed by atoms with Crippen LogP contribution in [0.4, 0.5) is 0 Å². The molecule has 0 saturated heterocycles. The highest BCUT2D eigenvalue weighted by molar-refractivity contribution is 9.09. The fourth-order valence-electron chi connectivity index (χ4n) is 1.70. The molecule has 0 aliphatic heterocycles. The summed E-state index contributed by atoms with van der Waals surface area (Å²) in [6.07, 6.45) is 0. The Labute approximate surface area is 111 Å². The number of carbonyl (C=O) groups excluding carboxylic acids is 1. The second kappa shape index (κ2) is 6.77. The van der Waals surface area contributed by atoms with Crippen molar-refractivity contribution in [2.75, 3.05) is 20.3 Å². The predicted octanol–water partition coefficient (Wildman–Crippen LogP) is 2.44. The number of halogens is 1. The Kier molecular flexibility index (Phi) is 5.65. The zero-order chi connectivity index (χ0) is 12.8. The van der Waals surface area contributed by atoms with E-state index in [0.29, 0.717) is 13.2 Å².